The minimum Gasteiger partial charge on any atom is -0.493 e. The molecule has 0 saturated heterocycles. The van der Waals surface area contributed by atoms with Gasteiger partial charge in [-0.15, -0.1) is 0 Å². The highest BCUT2D eigenvalue weighted by atomic mass is 16.5. The van der Waals surface area contributed by atoms with Gasteiger partial charge >= 0.3 is 0 Å². The number of hydrogen-bond donors (Lipinski definition) is 1. The molecule has 0 amide bonds. The number of benzene rings is 2. The third-order valence-electron chi connectivity index (χ3n) is 4.16. The molecule has 3 aromatic rings. The fourth-order valence-electron chi connectivity index (χ4n) is 2.86. The van der Waals surface area contributed by atoms with Crippen LogP contribution in [0.5, 0.6) is 11.5 Å². The van der Waals surface area contributed by atoms with Crippen molar-refractivity contribution in [1.82, 2.24) is 4.98 Å². The smallest absolute Gasteiger partial charge is 0.168 e. The first-order chi connectivity index (χ1) is 13.1. The van der Waals surface area contributed by atoms with Crippen LogP contribution in [0.4, 0.5) is 5.82 Å². The van der Waals surface area contributed by atoms with Crippen molar-refractivity contribution in [3.05, 3.63) is 59.7 Å². The summed E-state index contributed by atoms with van der Waals surface area (Å²) in [6.45, 7) is 0. The zero-order valence-electron chi connectivity index (χ0n) is 14.9. The van der Waals surface area contributed by atoms with Gasteiger partial charge in [-0.1, -0.05) is 24.3 Å². The Morgan fingerprint density at radius 3 is 2.26 bits per heavy atom. The summed E-state index contributed by atoms with van der Waals surface area (Å²) in [7, 11) is 3.09. The first kappa shape index (κ1) is 17.8. The van der Waals surface area contributed by atoms with Crippen LogP contribution in [0.15, 0.2) is 48.5 Å². The number of methoxy groups -OCH3 is 2. The molecule has 0 saturated carbocycles. The lowest BCUT2D eigenvalue weighted by molar-refractivity contribution is 0.356. The van der Waals surface area contributed by atoms with E-state index < -0.39 is 0 Å². The molecule has 3 rings (SSSR count). The number of anilines is 1. The van der Waals surface area contributed by atoms with E-state index in [0.29, 0.717) is 33.9 Å². The Balaban J connectivity index is 2.26. The van der Waals surface area contributed by atoms with Gasteiger partial charge in [0.25, 0.3) is 0 Å². The predicted molar refractivity (Wildman–Crippen MR) is 102 cm³/mol. The molecule has 0 bridgehead atoms. The lowest BCUT2D eigenvalue weighted by Crippen LogP contribution is -2.01. The topological polar surface area (TPSA) is 105 Å². The number of pyridine rings is 1. The van der Waals surface area contributed by atoms with E-state index >= 15 is 0 Å². The summed E-state index contributed by atoms with van der Waals surface area (Å²) in [5.74, 6) is 1.18. The Labute approximate surface area is 157 Å². The normalized spacial score (nSPS) is 9.93. The molecule has 0 fully saturated rings. The van der Waals surface area contributed by atoms with Crippen molar-refractivity contribution in [3.8, 4) is 46.0 Å². The Morgan fingerprint density at radius 1 is 0.926 bits per heavy atom. The molecule has 27 heavy (non-hydrogen) atoms. The zero-order chi connectivity index (χ0) is 19.4. The van der Waals surface area contributed by atoms with E-state index in [9.17, 15) is 5.26 Å². The number of nitrogens with two attached hydrogens (primary N) is 1. The Hall–Kier alpha value is -4.03. The molecule has 1 heterocycles. The monoisotopic (exact) mass is 356 g/mol. The molecule has 0 atom stereocenters. The van der Waals surface area contributed by atoms with Gasteiger partial charge in [-0.2, -0.15) is 10.5 Å². The highest BCUT2D eigenvalue weighted by Crippen LogP contribution is 2.41. The van der Waals surface area contributed by atoms with Gasteiger partial charge in [0.15, 0.2) is 11.5 Å². The summed E-state index contributed by atoms with van der Waals surface area (Å²) in [5, 5.41) is 18.6. The molecule has 132 valence electrons. The van der Waals surface area contributed by atoms with Gasteiger partial charge in [-0.25, -0.2) is 4.98 Å². The number of hydrogen-bond acceptors (Lipinski definition) is 6. The molecule has 0 radical (unpaired) electrons. The van der Waals surface area contributed by atoms with E-state index in [-0.39, 0.29) is 11.4 Å². The number of nitrogens with zero attached hydrogens (tertiary/aromatic N) is 3. The summed E-state index contributed by atoms with van der Waals surface area (Å²) < 4.78 is 10.9. The largest absolute Gasteiger partial charge is 0.493 e. The third kappa shape index (κ3) is 3.24. The van der Waals surface area contributed by atoms with Crippen molar-refractivity contribution in [2.45, 2.75) is 0 Å². The van der Waals surface area contributed by atoms with Crippen LogP contribution in [0, 0.1) is 22.7 Å². The molecule has 0 spiro atoms. The van der Waals surface area contributed by atoms with Gasteiger partial charge < -0.3 is 15.2 Å². The predicted octanol–water partition coefficient (Wildman–Crippen LogP) is 3.76. The molecular weight excluding hydrogens is 340 g/mol. The number of nitriles is 2. The summed E-state index contributed by atoms with van der Waals surface area (Å²) in [4.78, 5) is 4.35. The summed E-state index contributed by atoms with van der Waals surface area (Å²) in [6, 6.07) is 18.4. The Bertz CT molecular complexity index is 1080. The lowest BCUT2D eigenvalue weighted by atomic mass is 9.97. The molecule has 0 aliphatic heterocycles. The van der Waals surface area contributed by atoms with Crippen LogP contribution in [0.25, 0.3) is 22.4 Å². The third-order valence-corrected chi connectivity index (χ3v) is 4.16. The van der Waals surface area contributed by atoms with E-state index in [1.54, 1.807) is 50.6 Å². The van der Waals surface area contributed by atoms with Crippen LogP contribution in [0.3, 0.4) is 0 Å². The average Bonchev–Trinajstić information content (AvgIpc) is 2.72. The van der Waals surface area contributed by atoms with Crippen LogP contribution >= 0.6 is 0 Å². The fourth-order valence-corrected chi connectivity index (χ4v) is 2.86. The van der Waals surface area contributed by atoms with Crippen LogP contribution in [-0.4, -0.2) is 19.2 Å². The summed E-state index contributed by atoms with van der Waals surface area (Å²) in [5.41, 5.74) is 9.54. The van der Waals surface area contributed by atoms with Crippen molar-refractivity contribution in [2.24, 2.45) is 0 Å². The quantitative estimate of drug-likeness (QED) is 0.763. The minimum atomic E-state index is 0.124. The maximum atomic E-state index is 9.60. The first-order valence-corrected chi connectivity index (χ1v) is 8.05. The Morgan fingerprint density at radius 2 is 1.67 bits per heavy atom. The van der Waals surface area contributed by atoms with Gasteiger partial charge in [0, 0.05) is 16.7 Å². The first-order valence-electron chi connectivity index (χ1n) is 8.05. The van der Waals surface area contributed by atoms with Crippen LogP contribution in [0.1, 0.15) is 11.1 Å². The van der Waals surface area contributed by atoms with Crippen molar-refractivity contribution >= 4 is 5.82 Å². The highest BCUT2D eigenvalue weighted by molar-refractivity contribution is 5.84. The maximum Gasteiger partial charge on any atom is 0.168 e. The number of rotatable bonds is 4. The zero-order valence-corrected chi connectivity index (χ0v) is 14.9. The van der Waals surface area contributed by atoms with Crippen LogP contribution in [-0.2, 0) is 0 Å². The summed E-state index contributed by atoms with van der Waals surface area (Å²) in [6.07, 6.45) is 0. The van der Waals surface area contributed by atoms with Gasteiger partial charge in [-0.05, 0) is 24.3 Å². The lowest BCUT2D eigenvalue weighted by Gasteiger charge is -2.15. The van der Waals surface area contributed by atoms with Crippen molar-refractivity contribution in [2.75, 3.05) is 20.0 Å². The molecule has 0 aliphatic rings. The van der Waals surface area contributed by atoms with Gasteiger partial charge in [-0.3, -0.25) is 0 Å². The fraction of sp³-hybridized carbons (Fsp3) is 0.0952. The molecule has 6 nitrogen and oxygen atoms in total. The Kier molecular flexibility index (Phi) is 4.92. The number of ether oxygens (including phenoxy) is 2. The van der Waals surface area contributed by atoms with Crippen LogP contribution in [0.2, 0.25) is 0 Å². The van der Waals surface area contributed by atoms with E-state index in [1.165, 1.54) is 0 Å². The maximum absolute atomic E-state index is 9.60. The molecule has 2 aromatic carbocycles. The van der Waals surface area contributed by atoms with E-state index in [0.717, 1.165) is 5.56 Å². The molecule has 6 heteroatoms. The second-order valence-electron chi connectivity index (χ2n) is 5.66. The van der Waals surface area contributed by atoms with E-state index in [2.05, 4.69) is 17.1 Å². The molecule has 2 N–H and O–H groups in total. The minimum absolute atomic E-state index is 0.124. The van der Waals surface area contributed by atoms with Gasteiger partial charge in [0.1, 0.15) is 17.5 Å². The van der Waals surface area contributed by atoms with Crippen molar-refractivity contribution < 1.29 is 9.47 Å². The number of aromatic nitrogens is 1. The second-order valence-corrected chi connectivity index (χ2v) is 5.66. The average molecular weight is 356 g/mol. The molecular formula is C21H16N4O2. The molecule has 1 aromatic heterocycles. The number of para-hydroxylation sites is 1. The SMILES string of the molecule is COc1cccc(-c2cc(-c3ccc(C#N)cc3)nc(N)c2C#N)c1OC. The standard InChI is InChI=1S/C21H16N4O2/c1-26-19-5-3-4-15(20(19)27-2)16-10-18(25-21(24)17(16)12-23)14-8-6-13(11-22)7-9-14/h3-10H,1-2H3,(H2,24,25). The van der Waals surface area contributed by atoms with E-state index in [1.807, 2.05) is 12.1 Å². The van der Waals surface area contributed by atoms with Gasteiger partial charge in [0.2, 0.25) is 0 Å². The molecule has 0 unspecified atom stereocenters. The van der Waals surface area contributed by atoms with Gasteiger partial charge in [0.05, 0.1) is 31.5 Å². The van der Waals surface area contributed by atoms with E-state index in [4.69, 9.17) is 20.5 Å². The second kappa shape index (κ2) is 7.47. The summed E-state index contributed by atoms with van der Waals surface area (Å²) >= 11 is 0. The van der Waals surface area contributed by atoms with Crippen molar-refractivity contribution in [3.63, 3.8) is 0 Å². The van der Waals surface area contributed by atoms with Crippen molar-refractivity contribution in [1.29, 1.82) is 10.5 Å². The number of nitrogen functional groups attached to an aromatic ring is 1. The highest BCUT2D eigenvalue weighted by Gasteiger charge is 2.18. The molecule has 0 aliphatic carbocycles. The van der Waals surface area contributed by atoms with Crippen LogP contribution < -0.4 is 15.2 Å².